The maximum atomic E-state index is 13.6. The van der Waals surface area contributed by atoms with E-state index in [-0.39, 0.29) is 5.82 Å². The molecule has 1 aliphatic carbocycles. The third kappa shape index (κ3) is 3.98. The molecule has 2 aliphatic rings. The lowest BCUT2D eigenvalue weighted by molar-refractivity contribution is 0.141. The average molecular weight is 462 g/mol. The number of fused-ring (bicyclic) bond motifs is 1. The molecule has 2 N–H and O–H groups in total. The summed E-state index contributed by atoms with van der Waals surface area (Å²) in [5.74, 6) is 0.622. The molecule has 6 rings (SSSR count). The van der Waals surface area contributed by atoms with Gasteiger partial charge in [-0.25, -0.2) is 14.4 Å². The van der Waals surface area contributed by atoms with Crippen LogP contribution in [0.1, 0.15) is 24.8 Å². The van der Waals surface area contributed by atoms with Crippen LogP contribution < -0.4 is 10.6 Å². The zero-order valence-corrected chi connectivity index (χ0v) is 18.9. The molecule has 2 fully saturated rings. The fourth-order valence-corrected chi connectivity index (χ4v) is 5.57. The smallest absolute Gasteiger partial charge is 0.126 e. The van der Waals surface area contributed by atoms with Crippen LogP contribution in [0.4, 0.5) is 10.2 Å². The molecule has 0 atom stereocenters. The summed E-state index contributed by atoms with van der Waals surface area (Å²) in [5, 5.41) is 7.70. The van der Waals surface area contributed by atoms with E-state index in [9.17, 15) is 4.39 Å². The number of benzene rings is 2. The van der Waals surface area contributed by atoms with Crippen LogP contribution in [0.2, 0.25) is 5.02 Å². The number of rotatable bonds is 5. The minimum atomic E-state index is -0.234. The first kappa shape index (κ1) is 20.6. The van der Waals surface area contributed by atoms with E-state index < -0.39 is 0 Å². The highest BCUT2D eigenvalue weighted by Gasteiger charge is 2.45. The summed E-state index contributed by atoms with van der Waals surface area (Å²) >= 11 is 6.56. The SMILES string of the molecule is Fc1cccc(Cn2cnc3ccc(-c4cc(N[C@H]5C[C@@]6(CCNC6)C5)ncc4Cl)cc32)c1. The van der Waals surface area contributed by atoms with Gasteiger partial charge in [-0.05, 0) is 72.7 Å². The molecule has 0 amide bonds. The number of hydrogen-bond donors (Lipinski definition) is 2. The van der Waals surface area contributed by atoms with Crippen LogP contribution in [0.5, 0.6) is 0 Å². The van der Waals surface area contributed by atoms with Crippen molar-refractivity contribution in [3.63, 3.8) is 0 Å². The predicted molar refractivity (Wildman–Crippen MR) is 130 cm³/mol. The van der Waals surface area contributed by atoms with Crippen LogP contribution in [0, 0.1) is 11.2 Å². The molecule has 0 unspecified atom stereocenters. The van der Waals surface area contributed by atoms with E-state index in [0.29, 0.717) is 23.0 Å². The van der Waals surface area contributed by atoms with Gasteiger partial charge in [0.05, 0.1) is 22.4 Å². The Balaban J connectivity index is 1.26. The largest absolute Gasteiger partial charge is 0.367 e. The second-order valence-electron chi connectivity index (χ2n) is 9.43. The molecule has 4 aromatic rings. The molecule has 33 heavy (non-hydrogen) atoms. The molecule has 5 nitrogen and oxygen atoms in total. The van der Waals surface area contributed by atoms with E-state index >= 15 is 0 Å². The van der Waals surface area contributed by atoms with Crippen LogP contribution in [0.25, 0.3) is 22.2 Å². The Bertz CT molecular complexity index is 1320. The number of pyridine rings is 1. The van der Waals surface area contributed by atoms with Crippen LogP contribution in [-0.2, 0) is 6.54 Å². The second-order valence-corrected chi connectivity index (χ2v) is 9.84. The third-order valence-corrected chi connectivity index (χ3v) is 7.37. The van der Waals surface area contributed by atoms with Gasteiger partial charge in [0.2, 0.25) is 0 Å². The van der Waals surface area contributed by atoms with Crippen molar-refractivity contribution in [1.29, 1.82) is 0 Å². The van der Waals surface area contributed by atoms with Crippen molar-refractivity contribution in [3.8, 4) is 11.1 Å². The standard InChI is InChI=1S/C26H25ClFN5/c27-22-13-30-25(32-20-11-26(12-20)6-7-29-15-26)10-21(22)18-4-5-23-24(9-18)33(16-31-23)14-17-2-1-3-19(28)8-17/h1-5,8-10,13,16,20,29H,6-7,11-12,14-15H2,(H,30,32)/t20-,26-. The van der Waals surface area contributed by atoms with Crippen molar-refractivity contribution in [3.05, 3.63) is 77.5 Å². The van der Waals surface area contributed by atoms with E-state index in [0.717, 1.165) is 46.6 Å². The lowest BCUT2D eigenvalue weighted by atomic mass is 9.65. The monoisotopic (exact) mass is 461 g/mol. The molecule has 1 aliphatic heterocycles. The van der Waals surface area contributed by atoms with Gasteiger partial charge < -0.3 is 15.2 Å². The second kappa shape index (κ2) is 8.12. The summed E-state index contributed by atoms with van der Waals surface area (Å²) in [6.07, 6.45) is 7.16. The minimum Gasteiger partial charge on any atom is -0.367 e. The highest BCUT2D eigenvalue weighted by atomic mass is 35.5. The summed E-state index contributed by atoms with van der Waals surface area (Å²) in [4.78, 5) is 9.03. The Hall–Kier alpha value is -2.96. The summed E-state index contributed by atoms with van der Waals surface area (Å²) in [7, 11) is 0. The van der Waals surface area contributed by atoms with E-state index in [1.165, 1.54) is 25.3 Å². The zero-order valence-electron chi connectivity index (χ0n) is 18.2. The van der Waals surface area contributed by atoms with E-state index in [1.54, 1.807) is 24.7 Å². The van der Waals surface area contributed by atoms with Crippen LogP contribution in [0.15, 0.2) is 61.1 Å². The Morgan fingerprint density at radius 2 is 2.06 bits per heavy atom. The summed E-state index contributed by atoms with van der Waals surface area (Å²) in [5.41, 5.74) is 5.19. The van der Waals surface area contributed by atoms with Gasteiger partial charge in [-0.3, -0.25) is 0 Å². The molecule has 1 spiro atoms. The maximum absolute atomic E-state index is 13.6. The van der Waals surface area contributed by atoms with E-state index in [4.69, 9.17) is 11.6 Å². The molecule has 0 radical (unpaired) electrons. The number of nitrogens with one attached hydrogen (secondary N) is 2. The Kier molecular flexibility index (Phi) is 5.07. The number of aromatic nitrogens is 3. The van der Waals surface area contributed by atoms with Gasteiger partial charge in [0.25, 0.3) is 0 Å². The van der Waals surface area contributed by atoms with Crippen LogP contribution in [0.3, 0.4) is 0 Å². The molecule has 7 heteroatoms. The molecule has 1 saturated carbocycles. The lowest BCUT2D eigenvalue weighted by Gasteiger charge is -2.45. The molecular weight excluding hydrogens is 437 g/mol. The van der Waals surface area contributed by atoms with Crippen molar-refractivity contribution >= 4 is 28.5 Å². The third-order valence-electron chi connectivity index (χ3n) is 7.07. The fourth-order valence-electron chi connectivity index (χ4n) is 5.36. The number of nitrogens with zero attached hydrogens (tertiary/aromatic N) is 3. The number of halogens is 2. The van der Waals surface area contributed by atoms with E-state index in [1.807, 2.05) is 28.8 Å². The lowest BCUT2D eigenvalue weighted by Crippen LogP contribution is -2.46. The highest BCUT2D eigenvalue weighted by Crippen LogP contribution is 2.46. The fraction of sp³-hybridized carbons (Fsp3) is 0.308. The molecule has 3 heterocycles. The summed E-state index contributed by atoms with van der Waals surface area (Å²) < 4.78 is 15.7. The Labute approximate surface area is 197 Å². The summed E-state index contributed by atoms with van der Waals surface area (Å²) in [6, 6.07) is 15.3. The van der Waals surface area contributed by atoms with Gasteiger partial charge in [-0.1, -0.05) is 29.8 Å². The average Bonchev–Trinajstić information content (AvgIpc) is 3.42. The van der Waals surface area contributed by atoms with Crippen molar-refractivity contribution in [2.45, 2.75) is 31.8 Å². The number of imidazole rings is 1. The summed E-state index contributed by atoms with van der Waals surface area (Å²) in [6.45, 7) is 2.81. The predicted octanol–water partition coefficient (Wildman–Crippen LogP) is 5.49. The zero-order chi connectivity index (χ0) is 22.4. The normalized spacial score (nSPS) is 22.1. The van der Waals surface area contributed by atoms with Crippen molar-refractivity contribution in [1.82, 2.24) is 19.9 Å². The van der Waals surface area contributed by atoms with Gasteiger partial charge >= 0.3 is 0 Å². The molecule has 0 bridgehead atoms. The maximum Gasteiger partial charge on any atom is 0.126 e. The molecule has 2 aromatic carbocycles. The van der Waals surface area contributed by atoms with Gasteiger partial charge in [0.15, 0.2) is 0 Å². The van der Waals surface area contributed by atoms with Crippen molar-refractivity contribution < 1.29 is 4.39 Å². The first-order valence-electron chi connectivity index (χ1n) is 11.4. The Morgan fingerprint density at radius 1 is 1.15 bits per heavy atom. The van der Waals surface area contributed by atoms with Gasteiger partial charge in [0, 0.05) is 30.9 Å². The highest BCUT2D eigenvalue weighted by molar-refractivity contribution is 6.33. The van der Waals surface area contributed by atoms with Crippen LogP contribution in [-0.4, -0.2) is 33.7 Å². The van der Waals surface area contributed by atoms with Crippen molar-refractivity contribution in [2.75, 3.05) is 18.4 Å². The first-order chi connectivity index (χ1) is 16.1. The van der Waals surface area contributed by atoms with Crippen LogP contribution >= 0.6 is 11.6 Å². The van der Waals surface area contributed by atoms with Crippen molar-refractivity contribution in [2.24, 2.45) is 5.41 Å². The Morgan fingerprint density at radius 3 is 2.88 bits per heavy atom. The molecular formula is C26H25ClFN5. The molecule has 168 valence electrons. The number of anilines is 1. The van der Waals surface area contributed by atoms with Gasteiger partial charge in [0.1, 0.15) is 11.6 Å². The topological polar surface area (TPSA) is 54.8 Å². The molecule has 1 saturated heterocycles. The van der Waals surface area contributed by atoms with Gasteiger partial charge in [-0.2, -0.15) is 0 Å². The first-order valence-corrected chi connectivity index (χ1v) is 11.8. The quantitative estimate of drug-likeness (QED) is 0.412. The van der Waals surface area contributed by atoms with Gasteiger partial charge in [-0.15, -0.1) is 0 Å². The van der Waals surface area contributed by atoms with E-state index in [2.05, 4.69) is 26.7 Å². The minimum absolute atomic E-state index is 0.234. The molecule has 2 aromatic heterocycles. The number of hydrogen-bond acceptors (Lipinski definition) is 4.